The van der Waals surface area contributed by atoms with Gasteiger partial charge < -0.3 is 16.4 Å². The Bertz CT molecular complexity index is 792. The first kappa shape index (κ1) is 22.9. The van der Waals surface area contributed by atoms with Crippen LogP contribution in [0.1, 0.15) is 56.7 Å². The molecule has 4 nitrogen and oxygen atoms in total. The predicted octanol–water partition coefficient (Wildman–Crippen LogP) is 4.06. The molecule has 0 aliphatic carbocycles. The number of allylic oxidation sites excluding steroid dienone is 2. The van der Waals surface area contributed by atoms with Gasteiger partial charge in [-0.15, -0.1) is 0 Å². The van der Waals surface area contributed by atoms with Crippen LogP contribution in [0.2, 0.25) is 0 Å². The summed E-state index contributed by atoms with van der Waals surface area (Å²) < 4.78 is 0. The quantitative estimate of drug-likeness (QED) is 0.438. The zero-order valence-corrected chi connectivity index (χ0v) is 18.4. The fourth-order valence-corrected chi connectivity index (χ4v) is 3.82. The average molecular weight is 393 g/mol. The van der Waals surface area contributed by atoms with Crippen LogP contribution in [-0.4, -0.2) is 25.8 Å². The van der Waals surface area contributed by atoms with E-state index in [0.717, 1.165) is 45.0 Å². The van der Waals surface area contributed by atoms with Gasteiger partial charge in [0.25, 0.3) is 0 Å². The summed E-state index contributed by atoms with van der Waals surface area (Å²) in [5.74, 6) is 0.323. The monoisotopic (exact) mass is 393 g/mol. The number of primary amides is 1. The minimum Gasteiger partial charge on any atom is -0.392 e. The molecule has 1 unspecified atom stereocenters. The maximum absolute atomic E-state index is 10.9. The number of hydrogen-bond donors (Lipinski definition) is 3. The number of nitrogens with one attached hydrogen (secondary N) is 2. The number of amides is 2. The van der Waals surface area contributed by atoms with Crippen molar-refractivity contribution in [3.8, 4) is 0 Å². The van der Waals surface area contributed by atoms with Crippen LogP contribution in [-0.2, 0) is 12.7 Å². The first-order chi connectivity index (χ1) is 13.6. The van der Waals surface area contributed by atoms with E-state index in [9.17, 15) is 4.79 Å². The molecule has 29 heavy (non-hydrogen) atoms. The summed E-state index contributed by atoms with van der Waals surface area (Å²) in [5, 5.41) is 6.00. The van der Waals surface area contributed by atoms with Crippen LogP contribution in [0.4, 0.5) is 4.79 Å². The lowest BCUT2D eigenvalue weighted by Gasteiger charge is -2.28. The van der Waals surface area contributed by atoms with Crippen LogP contribution in [0, 0.1) is 5.41 Å². The van der Waals surface area contributed by atoms with Crippen molar-refractivity contribution in [3.63, 3.8) is 0 Å². The van der Waals surface area contributed by atoms with Crippen molar-refractivity contribution in [2.24, 2.45) is 11.1 Å². The lowest BCUT2D eigenvalue weighted by Crippen LogP contribution is -2.43. The number of carbonyl (C=O) groups excluding carboxylic acids is 1. The highest BCUT2D eigenvalue weighted by atomic mass is 16.2. The first-order valence-electron chi connectivity index (χ1n) is 10.5. The van der Waals surface area contributed by atoms with Crippen molar-refractivity contribution in [1.29, 1.82) is 0 Å². The maximum Gasteiger partial charge on any atom is 0.312 e. The third-order valence-corrected chi connectivity index (χ3v) is 5.77. The molecule has 1 atom stereocenters. The second-order valence-corrected chi connectivity index (χ2v) is 9.16. The number of carbonyl (C=O) groups is 1. The van der Waals surface area contributed by atoms with Crippen LogP contribution in [0.5, 0.6) is 0 Å². The third kappa shape index (κ3) is 6.84. The van der Waals surface area contributed by atoms with Crippen molar-refractivity contribution in [3.05, 3.63) is 65.9 Å². The SMILES string of the molecule is C=C(CNC(N)=O)NC1BCc2c(cccc2C(=C)CCCC(=C)C(C)(C)C)C1. The van der Waals surface area contributed by atoms with Crippen LogP contribution in [0.3, 0.4) is 0 Å². The number of urea groups is 1. The summed E-state index contributed by atoms with van der Waals surface area (Å²) in [4.78, 5) is 10.9. The largest absolute Gasteiger partial charge is 0.392 e. The van der Waals surface area contributed by atoms with Gasteiger partial charge in [-0.1, -0.05) is 64.3 Å². The summed E-state index contributed by atoms with van der Waals surface area (Å²) in [5.41, 5.74) is 12.7. The van der Waals surface area contributed by atoms with E-state index < -0.39 is 6.03 Å². The van der Waals surface area contributed by atoms with E-state index in [0.29, 0.717) is 12.5 Å². The number of benzene rings is 1. The molecule has 0 saturated carbocycles. The van der Waals surface area contributed by atoms with Gasteiger partial charge in [-0.3, -0.25) is 0 Å². The second kappa shape index (κ2) is 9.86. The summed E-state index contributed by atoms with van der Waals surface area (Å²) in [6.07, 6.45) is 5.11. The van der Waals surface area contributed by atoms with Crippen molar-refractivity contribution < 1.29 is 4.79 Å². The molecule has 2 amide bonds. The van der Waals surface area contributed by atoms with Gasteiger partial charge in [-0.2, -0.15) is 0 Å². The molecule has 5 heteroatoms. The Balaban J connectivity index is 1.94. The van der Waals surface area contributed by atoms with Crippen molar-refractivity contribution >= 4 is 18.9 Å². The van der Waals surface area contributed by atoms with E-state index in [4.69, 9.17) is 5.73 Å². The molecular formula is C24H36BN3O. The molecule has 4 N–H and O–H groups in total. The molecule has 156 valence electrons. The first-order valence-corrected chi connectivity index (χ1v) is 10.5. The van der Waals surface area contributed by atoms with Crippen molar-refractivity contribution in [1.82, 2.24) is 10.6 Å². The molecular weight excluding hydrogens is 357 g/mol. The van der Waals surface area contributed by atoms with Gasteiger partial charge >= 0.3 is 6.03 Å². The topological polar surface area (TPSA) is 67.1 Å². The van der Waals surface area contributed by atoms with Gasteiger partial charge in [0.05, 0.1) is 6.54 Å². The van der Waals surface area contributed by atoms with Gasteiger partial charge in [-0.05, 0) is 59.7 Å². The highest BCUT2D eigenvalue weighted by Crippen LogP contribution is 2.31. The predicted molar refractivity (Wildman–Crippen MR) is 126 cm³/mol. The number of rotatable bonds is 9. The van der Waals surface area contributed by atoms with Crippen LogP contribution in [0.25, 0.3) is 5.57 Å². The Morgan fingerprint density at radius 1 is 1.24 bits per heavy atom. The zero-order valence-electron chi connectivity index (χ0n) is 18.4. The molecule has 0 bridgehead atoms. The zero-order chi connectivity index (χ0) is 21.6. The molecule has 0 spiro atoms. The van der Waals surface area contributed by atoms with E-state index in [1.54, 1.807) is 0 Å². The van der Waals surface area contributed by atoms with E-state index in [1.165, 1.54) is 27.8 Å². The number of fused-ring (bicyclic) bond motifs is 1. The Morgan fingerprint density at radius 2 is 1.97 bits per heavy atom. The number of nitrogens with two attached hydrogens (primary N) is 1. The second-order valence-electron chi connectivity index (χ2n) is 9.16. The summed E-state index contributed by atoms with van der Waals surface area (Å²) in [7, 11) is 1.04. The summed E-state index contributed by atoms with van der Waals surface area (Å²) >= 11 is 0. The van der Waals surface area contributed by atoms with E-state index in [2.05, 4.69) is 69.3 Å². The van der Waals surface area contributed by atoms with Crippen molar-refractivity contribution in [2.45, 2.75) is 58.7 Å². The molecule has 1 aliphatic rings. The fraction of sp³-hybridized carbons (Fsp3) is 0.458. The smallest absolute Gasteiger partial charge is 0.312 e. The Morgan fingerprint density at radius 3 is 2.62 bits per heavy atom. The molecule has 0 aromatic heterocycles. The molecule has 1 aromatic rings. The fourth-order valence-electron chi connectivity index (χ4n) is 3.82. The van der Waals surface area contributed by atoms with Crippen LogP contribution >= 0.6 is 0 Å². The Labute approximate surface area is 177 Å². The normalized spacial score (nSPS) is 15.6. The van der Waals surface area contributed by atoms with Crippen molar-refractivity contribution in [2.75, 3.05) is 6.54 Å². The van der Waals surface area contributed by atoms with Gasteiger partial charge in [0.2, 0.25) is 0 Å². The molecule has 1 heterocycles. The van der Waals surface area contributed by atoms with Gasteiger partial charge in [0.15, 0.2) is 7.28 Å². The highest BCUT2D eigenvalue weighted by molar-refractivity contribution is 6.38. The van der Waals surface area contributed by atoms with Gasteiger partial charge in [0.1, 0.15) is 0 Å². The standard InChI is InChI=1S/C24H36BN3O/c1-16(9-7-10-17(2)24(4,5)6)20-12-8-11-19-13-22(25-14-21(19)20)28-18(3)15-27-23(26)29/h8,11-12,22,25,28H,1-3,7,9-10,13-15H2,4-6H3,(H3,26,27,29). The minimum atomic E-state index is -0.531. The van der Waals surface area contributed by atoms with E-state index >= 15 is 0 Å². The molecule has 2 rings (SSSR count). The average Bonchev–Trinajstić information content (AvgIpc) is 2.64. The molecule has 1 aliphatic heterocycles. The number of hydrogen-bond acceptors (Lipinski definition) is 2. The summed E-state index contributed by atoms with van der Waals surface area (Å²) in [6, 6.07) is 6.03. The molecule has 0 radical (unpaired) electrons. The molecule has 1 aromatic carbocycles. The van der Waals surface area contributed by atoms with Crippen LogP contribution < -0.4 is 16.4 Å². The maximum atomic E-state index is 10.9. The van der Waals surface area contributed by atoms with Gasteiger partial charge in [0, 0.05) is 11.6 Å². The van der Waals surface area contributed by atoms with Gasteiger partial charge in [-0.25, -0.2) is 4.79 Å². The lowest BCUT2D eigenvalue weighted by atomic mass is 9.57. The molecule has 0 fully saturated rings. The van der Waals surface area contributed by atoms with Crippen LogP contribution in [0.15, 0.2) is 49.2 Å². The third-order valence-electron chi connectivity index (χ3n) is 5.77. The Kier molecular flexibility index (Phi) is 7.77. The summed E-state index contributed by atoms with van der Waals surface area (Å²) in [6.45, 7) is 19.6. The van der Waals surface area contributed by atoms with E-state index in [-0.39, 0.29) is 5.41 Å². The molecule has 0 saturated heterocycles. The highest BCUT2D eigenvalue weighted by Gasteiger charge is 2.23. The Hall–Kier alpha value is -2.43. The minimum absolute atomic E-state index is 0.173. The van der Waals surface area contributed by atoms with E-state index in [1.807, 2.05) is 0 Å². The lowest BCUT2D eigenvalue weighted by molar-refractivity contribution is 0.249.